The fourth-order valence-corrected chi connectivity index (χ4v) is 4.53. The number of ketones is 1. The van der Waals surface area contributed by atoms with E-state index in [1.54, 1.807) is 0 Å². The standard InChI is InChI=1S/C23H27ClN2OS/c1-16(2)17-11-13-18(14-12-17)25-22(28)26(3)23(15-7-6-10-21(23)27)19-8-4-5-9-20(19)24/h4-5,8-9,11-14,16H,6-7,10,15H2,1-3H3,(H,25,28)/t23-/m0/s1. The highest BCUT2D eigenvalue weighted by Gasteiger charge is 2.47. The summed E-state index contributed by atoms with van der Waals surface area (Å²) in [4.78, 5) is 15.1. The lowest BCUT2D eigenvalue weighted by atomic mass is 9.74. The molecule has 3 rings (SSSR count). The second-order valence-electron chi connectivity index (χ2n) is 7.74. The zero-order valence-electron chi connectivity index (χ0n) is 16.7. The van der Waals surface area contributed by atoms with Gasteiger partial charge in [-0.3, -0.25) is 4.79 Å². The van der Waals surface area contributed by atoms with Crippen LogP contribution in [0.15, 0.2) is 48.5 Å². The van der Waals surface area contributed by atoms with Gasteiger partial charge in [0.15, 0.2) is 10.9 Å². The summed E-state index contributed by atoms with van der Waals surface area (Å²) in [7, 11) is 1.89. The number of benzene rings is 2. The van der Waals surface area contributed by atoms with Crippen LogP contribution in [0, 0.1) is 0 Å². The van der Waals surface area contributed by atoms with Crippen LogP contribution in [0.5, 0.6) is 0 Å². The van der Waals surface area contributed by atoms with Crippen molar-refractivity contribution < 1.29 is 4.79 Å². The Kier molecular flexibility index (Phi) is 6.41. The molecule has 1 aliphatic rings. The summed E-state index contributed by atoms with van der Waals surface area (Å²) in [6, 6.07) is 15.9. The number of carbonyl (C=O) groups excluding carboxylic acids is 1. The van der Waals surface area contributed by atoms with Crippen molar-refractivity contribution in [2.45, 2.75) is 51.0 Å². The fraction of sp³-hybridized carbons (Fsp3) is 0.391. The van der Waals surface area contributed by atoms with E-state index in [4.69, 9.17) is 23.8 Å². The molecule has 1 fully saturated rings. The van der Waals surface area contributed by atoms with Crippen LogP contribution in [-0.4, -0.2) is 22.8 Å². The molecule has 2 aromatic rings. The predicted molar refractivity (Wildman–Crippen MR) is 121 cm³/mol. The van der Waals surface area contributed by atoms with E-state index in [0.29, 0.717) is 28.9 Å². The van der Waals surface area contributed by atoms with Crippen molar-refractivity contribution in [1.29, 1.82) is 0 Å². The smallest absolute Gasteiger partial charge is 0.174 e. The van der Waals surface area contributed by atoms with E-state index in [1.165, 1.54) is 5.56 Å². The number of hydrogen-bond donors (Lipinski definition) is 1. The normalized spacial score (nSPS) is 19.5. The third-order valence-corrected chi connectivity index (χ3v) is 6.38. The van der Waals surface area contributed by atoms with Gasteiger partial charge >= 0.3 is 0 Å². The maximum atomic E-state index is 13.2. The summed E-state index contributed by atoms with van der Waals surface area (Å²) < 4.78 is 0. The molecule has 5 heteroatoms. The molecule has 1 N–H and O–H groups in total. The molecular formula is C23H27ClN2OS. The van der Waals surface area contributed by atoms with E-state index < -0.39 is 5.54 Å². The summed E-state index contributed by atoms with van der Waals surface area (Å²) in [5.74, 6) is 0.653. The SMILES string of the molecule is CC(C)c1ccc(NC(=S)N(C)[C@]2(c3ccccc3Cl)CCCCC2=O)cc1. The van der Waals surface area contributed by atoms with Crippen molar-refractivity contribution in [1.82, 2.24) is 4.90 Å². The molecule has 0 amide bonds. The molecule has 0 heterocycles. The van der Waals surface area contributed by atoms with Crippen LogP contribution in [0.1, 0.15) is 56.6 Å². The highest BCUT2D eigenvalue weighted by atomic mass is 35.5. The van der Waals surface area contributed by atoms with Crippen molar-refractivity contribution >= 4 is 40.4 Å². The lowest BCUT2D eigenvalue weighted by Gasteiger charge is -2.45. The Labute approximate surface area is 178 Å². The van der Waals surface area contributed by atoms with Gasteiger partial charge in [-0.15, -0.1) is 0 Å². The molecule has 0 aromatic heterocycles. The molecule has 1 atom stereocenters. The Morgan fingerprint density at radius 3 is 2.43 bits per heavy atom. The first-order chi connectivity index (χ1) is 13.4. The zero-order chi connectivity index (χ0) is 20.3. The second kappa shape index (κ2) is 8.62. The molecule has 28 heavy (non-hydrogen) atoms. The topological polar surface area (TPSA) is 32.3 Å². The lowest BCUT2D eigenvalue weighted by molar-refractivity contribution is -0.131. The van der Waals surface area contributed by atoms with Gasteiger partial charge < -0.3 is 10.2 Å². The monoisotopic (exact) mass is 414 g/mol. The number of halogens is 1. The van der Waals surface area contributed by atoms with Crippen LogP contribution in [0.2, 0.25) is 5.02 Å². The summed E-state index contributed by atoms with van der Waals surface area (Å²) in [6.07, 6.45) is 3.13. The van der Waals surface area contributed by atoms with E-state index in [-0.39, 0.29) is 5.78 Å². The number of anilines is 1. The molecule has 2 aromatic carbocycles. The first-order valence-electron chi connectivity index (χ1n) is 9.79. The maximum Gasteiger partial charge on any atom is 0.174 e. The number of carbonyl (C=O) groups is 1. The fourth-order valence-electron chi connectivity index (χ4n) is 3.96. The van der Waals surface area contributed by atoms with Crippen molar-refractivity contribution in [3.63, 3.8) is 0 Å². The summed E-state index contributed by atoms with van der Waals surface area (Å²) in [6.45, 7) is 4.34. The van der Waals surface area contributed by atoms with Gasteiger partial charge in [0.1, 0.15) is 5.54 Å². The van der Waals surface area contributed by atoms with Gasteiger partial charge in [0.25, 0.3) is 0 Å². The number of rotatable bonds is 4. The Morgan fingerprint density at radius 1 is 1.14 bits per heavy atom. The Balaban J connectivity index is 1.91. The molecule has 148 valence electrons. The molecule has 3 nitrogen and oxygen atoms in total. The van der Waals surface area contributed by atoms with E-state index in [9.17, 15) is 4.79 Å². The van der Waals surface area contributed by atoms with Gasteiger partial charge in [0, 0.05) is 29.7 Å². The Bertz CT molecular complexity index is 865. The Morgan fingerprint density at radius 2 is 1.82 bits per heavy atom. The predicted octanol–water partition coefficient (Wildman–Crippen LogP) is 6.13. The van der Waals surface area contributed by atoms with E-state index in [1.807, 2.05) is 48.3 Å². The van der Waals surface area contributed by atoms with Crippen LogP contribution in [-0.2, 0) is 10.3 Å². The zero-order valence-corrected chi connectivity index (χ0v) is 18.2. The van der Waals surface area contributed by atoms with E-state index in [2.05, 4.69) is 31.3 Å². The highest BCUT2D eigenvalue weighted by molar-refractivity contribution is 7.80. The van der Waals surface area contributed by atoms with Crippen LogP contribution in [0.3, 0.4) is 0 Å². The molecule has 0 spiro atoms. The molecule has 0 saturated heterocycles. The van der Waals surface area contributed by atoms with E-state index in [0.717, 1.165) is 24.1 Å². The first-order valence-corrected chi connectivity index (χ1v) is 10.6. The minimum Gasteiger partial charge on any atom is -0.335 e. The molecule has 0 radical (unpaired) electrons. The molecule has 0 unspecified atom stereocenters. The minimum atomic E-state index is -0.821. The van der Waals surface area contributed by atoms with E-state index >= 15 is 0 Å². The minimum absolute atomic E-state index is 0.175. The van der Waals surface area contributed by atoms with Crippen molar-refractivity contribution in [2.75, 3.05) is 12.4 Å². The molecule has 1 aliphatic carbocycles. The van der Waals surface area contributed by atoms with Crippen LogP contribution in [0.25, 0.3) is 0 Å². The quantitative estimate of drug-likeness (QED) is 0.610. The average molecular weight is 415 g/mol. The highest BCUT2D eigenvalue weighted by Crippen LogP contribution is 2.42. The van der Waals surface area contributed by atoms with Crippen LogP contribution >= 0.6 is 23.8 Å². The molecular weight excluding hydrogens is 388 g/mol. The number of likely N-dealkylation sites (N-methyl/N-ethyl adjacent to an activating group) is 1. The molecule has 0 bridgehead atoms. The third kappa shape index (κ3) is 3.94. The van der Waals surface area contributed by atoms with Crippen molar-refractivity contribution in [2.24, 2.45) is 0 Å². The van der Waals surface area contributed by atoms with Gasteiger partial charge in [-0.1, -0.05) is 55.8 Å². The van der Waals surface area contributed by atoms with Gasteiger partial charge in [0.05, 0.1) is 0 Å². The van der Waals surface area contributed by atoms with Gasteiger partial charge in [-0.25, -0.2) is 0 Å². The average Bonchev–Trinajstić information content (AvgIpc) is 2.69. The lowest BCUT2D eigenvalue weighted by Crippen LogP contribution is -2.55. The number of nitrogens with zero attached hydrogens (tertiary/aromatic N) is 1. The number of nitrogens with one attached hydrogen (secondary N) is 1. The summed E-state index contributed by atoms with van der Waals surface area (Å²) in [5, 5.41) is 4.43. The van der Waals surface area contributed by atoms with Gasteiger partial charge in [-0.2, -0.15) is 0 Å². The summed E-state index contributed by atoms with van der Waals surface area (Å²) >= 11 is 12.2. The third-order valence-electron chi connectivity index (χ3n) is 5.68. The van der Waals surface area contributed by atoms with Crippen LogP contribution < -0.4 is 5.32 Å². The van der Waals surface area contributed by atoms with Gasteiger partial charge in [-0.05, 0) is 61.2 Å². The van der Waals surface area contributed by atoms with Crippen LogP contribution in [0.4, 0.5) is 5.69 Å². The number of Topliss-reactive ketones (excluding diaryl/α,β-unsaturated/α-hetero) is 1. The maximum absolute atomic E-state index is 13.2. The second-order valence-corrected chi connectivity index (χ2v) is 8.53. The van der Waals surface area contributed by atoms with Gasteiger partial charge in [0.2, 0.25) is 0 Å². The number of hydrogen-bond acceptors (Lipinski definition) is 2. The first kappa shape index (κ1) is 20.8. The number of thiocarbonyl (C=S) groups is 1. The largest absolute Gasteiger partial charge is 0.335 e. The van der Waals surface area contributed by atoms with Crippen molar-refractivity contribution in [3.8, 4) is 0 Å². The Hall–Kier alpha value is -1.91. The summed E-state index contributed by atoms with van der Waals surface area (Å²) in [5.41, 5.74) is 2.21. The molecule has 1 saturated carbocycles. The molecule has 0 aliphatic heterocycles. The van der Waals surface area contributed by atoms with Crippen molar-refractivity contribution in [3.05, 3.63) is 64.7 Å².